The van der Waals surface area contributed by atoms with Gasteiger partial charge in [0.2, 0.25) is 0 Å². The lowest BCUT2D eigenvalue weighted by atomic mass is 9.98. The summed E-state index contributed by atoms with van der Waals surface area (Å²) < 4.78 is 17.3. The van der Waals surface area contributed by atoms with Crippen LogP contribution in [-0.2, 0) is 19.0 Å². The van der Waals surface area contributed by atoms with E-state index in [1.165, 1.54) is 0 Å². The Kier molecular flexibility index (Phi) is 5.23. The molecule has 4 atom stereocenters. The summed E-state index contributed by atoms with van der Waals surface area (Å²) in [6.07, 6.45) is -0.167. The van der Waals surface area contributed by atoms with Crippen molar-refractivity contribution in [3.8, 4) is 0 Å². The molecule has 1 unspecified atom stereocenters. The molecule has 2 aliphatic heterocycles. The van der Waals surface area contributed by atoms with Crippen molar-refractivity contribution in [3.05, 3.63) is 71.8 Å². The Bertz CT molecular complexity index is 768. The van der Waals surface area contributed by atoms with Gasteiger partial charge in [0.15, 0.2) is 5.79 Å². The van der Waals surface area contributed by atoms with Gasteiger partial charge in [0.1, 0.15) is 12.1 Å². The van der Waals surface area contributed by atoms with Gasteiger partial charge in [-0.15, -0.1) is 0 Å². The van der Waals surface area contributed by atoms with E-state index in [4.69, 9.17) is 14.2 Å². The summed E-state index contributed by atoms with van der Waals surface area (Å²) in [6, 6.07) is 20.1. The Hall–Kier alpha value is -2.21. The fourth-order valence-electron chi connectivity index (χ4n) is 4.17. The van der Waals surface area contributed by atoms with E-state index in [1.54, 1.807) is 0 Å². The Morgan fingerprint density at radius 1 is 1.11 bits per heavy atom. The van der Waals surface area contributed by atoms with Crippen molar-refractivity contribution in [2.24, 2.45) is 0 Å². The smallest absolute Gasteiger partial charge is 0.325 e. The Morgan fingerprint density at radius 2 is 1.68 bits per heavy atom. The summed E-state index contributed by atoms with van der Waals surface area (Å²) in [6.45, 7) is 6.49. The van der Waals surface area contributed by atoms with Crippen LogP contribution in [0.1, 0.15) is 37.9 Å². The predicted octanol–water partition coefficient (Wildman–Crippen LogP) is 3.54. The lowest BCUT2D eigenvalue weighted by Gasteiger charge is -2.22. The Balaban J connectivity index is 1.70. The van der Waals surface area contributed by atoms with Gasteiger partial charge in [0, 0.05) is 0 Å². The second-order valence-electron chi connectivity index (χ2n) is 7.73. The first-order chi connectivity index (χ1) is 13.5. The summed E-state index contributed by atoms with van der Waals surface area (Å²) >= 11 is 0. The molecule has 2 aromatic rings. The summed E-state index contributed by atoms with van der Waals surface area (Å²) in [5.41, 5.74) is 2.28. The maximum Gasteiger partial charge on any atom is 0.325 e. The molecule has 5 heteroatoms. The molecule has 2 heterocycles. The van der Waals surface area contributed by atoms with E-state index < -0.39 is 5.79 Å². The van der Waals surface area contributed by atoms with Crippen molar-refractivity contribution in [2.45, 2.75) is 50.8 Å². The lowest BCUT2D eigenvalue weighted by Crippen LogP contribution is -2.28. The molecule has 0 spiro atoms. The van der Waals surface area contributed by atoms with Crippen molar-refractivity contribution in [1.82, 2.24) is 4.90 Å². The van der Waals surface area contributed by atoms with Gasteiger partial charge in [-0.2, -0.15) is 0 Å². The largest absolute Gasteiger partial charge is 0.465 e. The molecule has 2 saturated heterocycles. The molecule has 0 saturated carbocycles. The summed E-state index contributed by atoms with van der Waals surface area (Å²) in [5, 5.41) is 0. The van der Waals surface area contributed by atoms with Crippen LogP contribution in [-0.4, -0.2) is 48.1 Å². The number of nitrogens with zero attached hydrogens (tertiary/aromatic N) is 1. The lowest BCUT2D eigenvalue weighted by molar-refractivity contribution is -0.145. The van der Waals surface area contributed by atoms with E-state index in [-0.39, 0.29) is 30.2 Å². The van der Waals surface area contributed by atoms with Crippen molar-refractivity contribution in [3.63, 3.8) is 0 Å². The van der Waals surface area contributed by atoms with E-state index in [0.29, 0.717) is 13.2 Å². The van der Waals surface area contributed by atoms with Crippen LogP contribution in [0.5, 0.6) is 0 Å². The molecule has 0 N–H and O–H groups in total. The van der Waals surface area contributed by atoms with Gasteiger partial charge in [-0.05, 0) is 31.9 Å². The maximum atomic E-state index is 12.8. The fourth-order valence-corrected chi connectivity index (χ4v) is 4.17. The molecule has 2 aliphatic rings. The SMILES string of the molecule is CCOC(=O)[C@H]1[C@@H]([C@H]2COC(C)(C)O2)N1C(c1ccccc1)c1ccccc1. The predicted molar refractivity (Wildman–Crippen MR) is 106 cm³/mol. The summed E-state index contributed by atoms with van der Waals surface area (Å²) in [7, 11) is 0. The molecule has 148 valence electrons. The molecule has 5 nitrogen and oxygen atoms in total. The second-order valence-corrected chi connectivity index (χ2v) is 7.73. The van der Waals surface area contributed by atoms with Crippen LogP contribution in [0.15, 0.2) is 60.7 Å². The third-order valence-corrected chi connectivity index (χ3v) is 5.37. The van der Waals surface area contributed by atoms with Gasteiger partial charge >= 0.3 is 5.97 Å². The number of carbonyl (C=O) groups excluding carboxylic acids is 1. The standard InChI is InChI=1S/C23H27NO4/c1-4-26-22(25)21-20(18-15-27-23(2,3)28-18)24(21)19(16-11-7-5-8-12-16)17-13-9-6-10-14-17/h5-14,18-21H,4,15H2,1-3H3/t18-,20-,21-,24?/m1/s1. The van der Waals surface area contributed by atoms with Crippen LogP contribution in [0.4, 0.5) is 0 Å². The molecule has 28 heavy (non-hydrogen) atoms. The van der Waals surface area contributed by atoms with Gasteiger partial charge < -0.3 is 14.2 Å². The first-order valence-corrected chi connectivity index (χ1v) is 9.87. The van der Waals surface area contributed by atoms with Gasteiger partial charge in [0.05, 0.1) is 25.3 Å². The quantitative estimate of drug-likeness (QED) is 0.566. The molecule has 0 aliphatic carbocycles. The molecule has 4 rings (SSSR count). The van der Waals surface area contributed by atoms with E-state index >= 15 is 0 Å². The molecule has 0 bridgehead atoms. The Morgan fingerprint density at radius 3 is 2.14 bits per heavy atom. The summed E-state index contributed by atoms with van der Waals surface area (Å²) in [5.74, 6) is -0.828. The zero-order valence-electron chi connectivity index (χ0n) is 16.6. The van der Waals surface area contributed by atoms with Crippen molar-refractivity contribution in [2.75, 3.05) is 13.2 Å². The topological polar surface area (TPSA) is 47.8 Å². The zero-order chi connectivity index (χ0) is 19.7. The molecule has 0 aromatic heterocycles. The van der Waals surface area contributed by atoms with E-state index in [9.17, 15) is 4.79 Å². The van der Waals surface area contributed by atoms with Gasteiger partial charge in [-0.25, -0.2) is 0 Å². The molecule has 2 aromatic carbocycles. The minimum Gasteiger partial charge on any atom is -0.465 e. The normalized spacial score (nSPS) is 28.3. The van der Waals surface area contributed by atoms with Crippen LogP contribution in [0.2, 0.25) is 0 Å². The van der Waals surface area contributed by atoms with Crippen molar-refractivity contribution >= 4 is 5.97 Å². The average Bonchev–Trinajstić information content (AvgIpc) is 3.31. The number of benzene rings is 2. The highest BCUT2D eigenvalue weighted by Crippen LogP contribution is 2.47. The van der Waals surface area contributed by atoms with Crippen LogP contribution < -0.4 is 0 Å². The molecule has 2 fully saturated rings. The van der Waals surface area contributed by atoms with Gasteiger partial charge in [-0.3, -0.25) is 9.69 Å². The molecule has 0 amide bonds. The monoisotopic (exact) mass is 381 g/mol. The van der Waals surface area contributed by atoms with Crippen molar-refractivity contribution < 1.29 is 19.0 Å². The van der Waals surface area contributed by atoms with Crippen LogP contribution in [0.25, 0.3) is 0 Å². The highest BCUT2D eigenvalue weighted by molar-refractivity contribution is 5.81. The molecular formula is C23H27NO4. The van der Waals surface area contributed by atoms with E-state index in [0.717, 1.165) is 11.1 Å². The number of carbonyl (C=O) groups is 1. The third-order valence-electron chi connectivity index (χ3n) is 5.37. The van der Waals surface area contributed by atoms with Crippen LogP contribution in [0.3, 0.4) is 0 Å². The number of rotatable bonds is 6. The van der Waals surface area contributed by atoms with E-state index in [1.807, 2.05) is 57.2 Å². The maximum absolute atomic E-state index is 12.8. The number of ether oxygens (including phenoxy) is 3. The first kappa shape index (κ1) is 19.1. The average molecular weight is 381 g/mol. The Labute approximate surface area is 166 Å². The zero-order valence-corrected chi connectivity index (χ0v) is 16.6. The third kappa shape index (κ3) is 3.70. The number of hydrogen-bond donors (Lipinski definition) is 0. The highest BCUT2D eigenvalue weighted by Gasteiger charge is 2.62. The number of hydrogen-bond acceptors (Lipinski definition) is 5. The summed E-state index contributed by atoms with van der Waals surface area (Å²) in [4.78, 5) is 15.0. The first-order valence-electron chi connectivity index (χ1n) is 9.87. The minimum absolute atomic E-state index is 0.0471. The van der Waals surface area contributed by atoms with Gasteiger partial charge in [0.25, 0.3) is 0 Å². The van der Waals surface area contributed by atoms with Crippen LogP contribution in [0, 0.1) is 0 Å². The molecular weight excluding hydrogens is 354 g/mol. The molecule has 0 radical (unpaired) electrons. The fraction of sp³-hybridized carbons (Fsp3) is 0.435. The van der Waals surface area contributed by atoms with Gasteiger partial charge in [-0.1, -0.05) is 60.7 Å². The highest BCUT2D eigenvalue weighted by atomic mass is 16.7. The minimum atomic E-state index is -0.632. The van der Waals surface area contributed by atoms with Crippen LogP contribution >= 0.6 is 0 Å². The van der Waals surface area contributed by atoms with E-state index in [2.05, 4.69) is 29.2 Å². The van der Waals surface area contributed by atoms with Crippen molar-refractivity contribution in [1.29, 1.82) is 0 Å². The second kappa shape index (κ2) is 7.66. The number of esters is 1.